The van der Waals surface area contributed by atoms with Crippen LogP contribution in [0.5, 0.6) is 0 Å². The summed E-state index contributed by atoms with van der Waals surface area (Å²) in [6, 6.07) is 16.9. The van der Waals surface area contributed by atoms with Crippen molar-refractivity contribution in [2.45, 2.75) is 77.2 Å². The fourth-order valence-corrected chi connectivity index (χ4v) is 7.37. The van der Waals surface area contributed by atoms with Crippen LogP contribution in [0.3, 0.4) is 0 Å². The molecule has 1 spiro atoms. The predicted molar refractivity (Wildman–Crippen MR) is 167 cm³/mol. The van der Waals surface area contributed by atoms with Gasteiger partial charge in [-0.15, -0.1) is 11.5 Å². The highest BCUT2D eigenvalue weighted by molar-refractivity contribution is 6.06. The number of fused-ring (bicyclic) bond motifs is 2. The zero-order chi connectivity index (χ0) is 29.1. The molecule has 4 heteroatoms. The Labute approximate surface area is 245 Å². The molecule has 3 aliphatic rings. The number of hydrogen-bond acceptors (Lipinski definition) is 3. The summed E-state index contributed by atoms with van der Waals surface area (Å²) in [6.07, 6.45) is 7.30. The first kappa shape index (κ1) is 29.1. The van der Waals surface area contributed by atoms with Crippen molar-refractivity contribution < 1.29 is 9.59 Å². The van der Waals surface area contributed by atoms with Crippen molar-refractivity contribution in [2.24, 2.45) is 23.7 Å². The molecule has 4 nitrogen and oxygen atoms in total. The lowest BCUT2D eigenvalue weighted by molar-refractivity contribution is -0.125. The number of para-hydroxylation sites is 1. The normalized spacial score (nSPS) is 23.9. The number of amides is 1. The van der Waals surface area contributed by atoms with Gasteiger partial charge in [0.05, 0.1) is 5.41 Å². The van der Waals surface area contributed by atoms with Crippen LogP contribution in [0.15, 0.2) is 83.8 Å². The minimum Gasteiger partial charge on any atom is -0.325 e. The number of benzene rings is 2. The van der Waals surface area contributed by atoms with E-state index in [4.69, 9.17) is 0 Å². The van der Waals surface area contributed by atoms with E-state index in [0.29, 0.717) is 31.0 Å². The first-order chi connectivity index (χ1) is 19.8. The second-order valence-electron chi connectivity index (χ2n) is 12.6. The molecule has 0 saturated heterocycles. The van der Waals surface area contributed by atoms with Crippen molar-refractivity contribution in [3.05, 3.63) is 100 Å². The Morgan fingerprint density at radius 1 is 1.17 bits per heavy atom. The van der Waals surface area contributed by atoms with E-state index in [0.717, 1.165) is 42.5 Å². The standard InChI is InChI=1S/C37H44N2O2/c1-6-25-12-14-26(15-13-25)20-30(21-27(7-2)35(38-5)24(3)4)34(40)22-29-18-19-37(23-31(29)28-16-17-28)32-10-8-9-11-33(32)39-36(37)41/h8-16,24,29-31,35,38H,2,6,18-23H2,1,3-5H3,(H,39,41)/t29?,30-,31+,35+,37-/m1/s1. The Kier molecular flexibility index (Phi) is 8.66. The quantitative estimate of drug-likeness (QED) is 0.278. The van der Waals surface area contributed by atoms with Crippen LogP contribution >= 0.6 is 0 Å². The van der Waals surface area contributed by atoms with E-state index in [2.05, 4.69) is 79.8 Å². The lowest BCUT2D eigenvalue weighted by Gasteiger charge is -2.41. The minimum absolute atomic E-state index is 0.107. The molecule has 1 fully saturated rings. The smallest absolute Gasteiger partial charge is 0.235 e. The molecule has 1 aliphatic heterocycles. The topological polar surface area (TPSA) is 58.2 Å². The Morgan fingerprint density at radius 2 is 1.88 bits per heavy atom. The van der Waals surface area contributed by atoms with Crippen molar-refractivity contribution in [1.29, 1.82) is 0 Å². The third kappa shape index (κ3) is 5.97. The summed E-state index contributed by atoms with van der Waals surface area (Å²) in [5.41, 5.74) is 12.8. The fraction of sp³-hybridized carbons (Fsp3) is 0.459. The van der Waals surface area contributed by atoms with E-state index in [9.17, 15) is 9.59 Å². The van der Waals surface area contributed by atoms with E-state index in [1.54, 1.807) is 0 Å². The molecule has 41 heavy (non-hydrogen) atoms. The van der Waals surface area contributed by atoms with Gasteiger partial charge in [-0.25, -0.2) is 0 Å². The molecule has 0 aromatic heterocycles. The van der Waals surface area contributed by atoms with Gasteiger partial charge < -0.3 is 10.6 Å². The summed E-state index contributed by atoms with van der Waals surface area (Å²) in [7, 11) is 1.97. The van der Waals surface area contributed by atoms with Crippen molar-refractivity contribution in [3.63, 3.8) is 0 Å². The third-order valence-electron chi connectivity index (χ3n) is 9.79. The van der Waals surface area contributed by atoms with Crippen molar-refractivity contribution in [2.75, 3.05) is 12.4 Å². The molecule has 5 atom stereocenters. The maximum absolute atomic E-state index is 14.2. The summed E-state index contributed by atoms with van der Waals surface area (Å²) in [5.74, 6) is 1.02. The number of carbonyl (C=O) groups is 2. The molecule has 1 amide bonds. The summed E-state index contributed by atoms with van der Waals surface area (Å²) in [6.45, 7) is 10.6. The van der Waals surface area contributed by atoms with Crippen molar-refractivity contribution in [3.8, 4) is 0 Å². The highest BCUT2D eigenvalue weighted by Crippen LogP contribution is 2.54. The molecule has 2 aromatic rings. The van der Waals surface area contributed by atoms with Gasteiger partial charge >= 0.3 is 0 Å². The molecule has 2 aliphatic carbocycles. The lowest BCUT2D eigenvalue weighted by atomic mass is 9.60. The van der Waals surface area contributed by atoms with Crippen LogP contribution in [0.1, 0.15) is 69.6 Å². The molecule has 214 valence electrons. The van der Waals surface area contributed by atoms with Crippen LogP contribution in [0.25, 0.3) is 0 Å². The number of carbonyl (C=O) groups excluding carboxylic acids is 2. The van der Waals surface area contributed by atoms with E-state index in [1.807, 2.05) is 31.3 Å². The number of ketones is 1. The molecule has 1 heterocycles. The van der Waals surface area contributed by atoms with Gasteiger partial charge in [-0.05, 0) is 97.7 Å². The number of rotatable bonds is 12. The molecule has 5 rings (SSSR count). The highest BCUT2D eigenvalue weighted by atomic mass is 16.2. The summed E-state index contributed by atoms with van der Waals surface area (Å²) >= 11 is 0. The largest absolute Gasteiger partial charge is 0.325 e. The van der Waals surface area contributed by atoms with Gasteiger partial charge in [0.2, 0.25) is 5.91 Å². The number of allylic oxidation sites excluding steroid dienone is 1. The van der Waals surface area contributed by atoms with E-state index >= 15 is 0 Å². The van der Waals surface area contributed by atoms with Crippen LogP contribution in [-0.2, 0) is 27.8 Å². The van der Waals surface area contributed by atoms with Crippen molar-refractivity contribution >= 4 is 17.4 Å². The monoisotopic (exact) mass is 548 g/mol. The van der Waals surface area contributed by atoms with Gasteiger partial charge in [0.15, 0.2) is 0 Å². The lowest BCUT2D eigenvalue weighted by Crippen LogP contribution is -2.43. The average Bonchev–Trinajstić information content (AvgIpc) is 3.79. The van der Waals surface area contributed by atoms with Gasteiger partial charge in [0.1, 0.15) is 5.78 Å². The van der Waals surface area contributed by atoms with E-state index in [-0.39, 0.29) is 29.7 Å². The average molecular weight is 549 g/mol. The number of likely N-dealkylation sites (N-methyl/N-ethyl adjacent to an activating group) is 1. The fourth-order valence-electron chi connectivity index (χ4n) is 7.37. The van der Waals surface area contributed by atoms with Crippen LogP contribution in [0.4, 0.5) is 5.69 Å². The maximum atomic E-state index is 14.2. The van der Waals surface area contributed by atoms with Crippen LogP contribution in [0.2, 0.25) is 0 Å². The molecular formula is C37H44N2O2. The number of Topliss-reactive ketones (excluding diaryl/α,β-unsaturated/α-hetero) is 1. The molecule has 2 N–H and O–H groups in total. The SMILES string of the molecule is C=C=C(C[C@@H](Cc1ccc(CC)cc1)C(=O)CC1CC[C@]2(C[C@H]1C1=C=C1)C(=O)Nc1ccccc12)[C@@H](NC)C(C)C. The van der Waals surface area contributed by atoms with Gasteiger partial charge in [0, 0.05) is 29.6 Å². The van der Waals surface area contributed by atoms with Crippen LogP contribution < -0.4 is 10.6 Å². The predicted octanol–water partition coefficient (Wildman–Crippen LogP) is 7.11. The summed E-state index contributed by atoms with van der Waals surface area (Å²) in [5, 5.41) is 6.56. The van der Waals surface area contributed by atoms with Crippen LogP contribution in [-0.4, -0.2) is 24.8 Å². The van der Waals surface area contributed by atoms with Gasteiger partial charge in [-0.1, -0.05) is 69.8 Å². The molecule has 0 radical (unpaired) electrons. The maximum Gasteiger partial charge on any atom is 0.235 e. The van der Waals surface area contributed by atoms with Crippen LogP contribution in [0, 0.1) is 23.7 Å². The first-order valence-electron chi connectivity index (χ1n) is 15.3. The first-order valence-corrected chi connectivity index (χ1v) is 15.3. The summed E-state index contributed by atoms with van der Waals surface area (Å²) in [4.78, 5) is 27.6. The molecule has 2 aromatic carbocycles. The van der Waals surface area contributed by atoms with E-state index in [1.165, 1.54) is 16.7 Å². The number of anilines is 1. The van der Waals surface area contributed by atoms with Gasteiger partial charge in [0.25, 0.3) is 0 Å². The van der Waals surface area contributed by atoms with E-state index < -0.39 is 5.41 Å². The number of hydrogen-bond donors (Lipinski definition) is 2. The summed E-state index contributed by atoms with van der Waals surface area (Å²) < 4.78 is 0. The minimum atomic E-state index is -0.512. The number of aryl methyl sites for hydroxylation is 1. The zero-order valence-corrected chi connectivity index (χ0v) is 25.1. The Morgan fingerprint density at radius 3 is 2.51 bits per heavy atom. The highest BCUT2D eigenvalue weighted by Gasteiger charge is 2.52. The second kappa shape index (κ2) is 12.2. The second-order valence-corrected chi connectivity index (χ2v) is 12.6. The molecule has 0 bridgehead atoms. The van der Waals surface area contributed by atoms with Gasteiger partial charge in [-0.3, -0.25) is 9.59 Å². The van der Waals surface area contributed by atoms with Crippen molar-refractivity contribution in [1.82, 2.24) is 5.32 Å². The zero-order valence-electron chi connectivity index (χ0n) is 25.1. The Balaban J connectivity index is 1.37. The molecular weight excluding hydrogens is 504 g/mol. The molecule has 1 saturated carbocycles. The third-order valence-corrected chi connectivity index (χ3v) is 9.79. The number of nitrogens with one attached hydrogen (secondary N) is 2. The molecule has 1 unspecified atom stereocenters. The Bertz CT molecular complexity index is 1420. The van der Waals surface area contributed by atoms with Gasteiger partial charge in [-0.2, -0.15) is 0 Å². The Hall–Kier alpha value is -3.42.